The monoisotopic (exact) mass is 474 g/mol. The van der Waals surface area contributed by atoms with Crippen LogP contribution in [-0.2, 0) is 28.6 Å². The van der Waals surface area contributed by atoms with E-state index in [1.54, 1.807) is 19.1 Å². The van der Waals surface area contributed by atoms with E-state index in [0.717, 1.165) is 22.6 Å². The summed E-state index contributed by atoms with van der Waals surface area (Å²) in [5.41, 5.74) is 9.46. The summed E-state index contributed by atoms with van der Waals surface area (Å²) >= 11 is 0.928. The second-order valence-corrected chi connectivity index (χ2v) is 9.95. The number of halogens is 3. The number of nitrogens with zero attached hydrogens (tertiary/aromatic N) is 2. The number of anilines is 1. The number of aliphatic imine (C=N–C) groups is 2. The highest BCUT2D eigenvalue weighted by Gasteiger charge is 2.29. The smallest absolute Gasteiger partial charge is 0.390 e. The molecule has 0 fully saturated rings. The van der Waals surface area contributed by atoms with Gasteiger partial charge in [0.05, 0.1) is 30.3 Å². The maximum Gasteiger partial charge on any atom is 0.393 e. The first-order chi connectivity index (χ1) is 14.3. The van der Waals surface area contributed by atoms with Crippen molar-refractivity contribution in [3.8, 4) is 0 Å². The summed E-state index contributed by atoms with van der Waals surface area (Å²) in [7, 11) is -3.56. The van der Waals surface area contributed by atoms with Crippen molar-refractivity contribution in [3.05, 3.63) is 51.9 Å². The average molecular weight is 475 g/mol. The normalized spacial score (nSPS) is 13.6. The summed E-state index contributed by atoms with van der Waals surface area (Å²) in [5, 5.41) is 5.36. The third kappa shape index (κ3) is 9.19. The number of rotatable bonds is 9. The van der Waals surface area contributed by atoms with Gasteiger partial charge >= 0.3 is 6.18 Å². The predicted octanol–water partition coefficient (Wildman–Crippen LogP) is 3.74. The molecule has 1 heterocycles. The first kappa shape index (κ1) is 25.0. The van der Waals surface area contributed by atoms with Gasteiger partial charge < -0.3 is 5.73 Å². The van der Waals surface area contributed by atoms with Crippen LogP contribution in [0.15, 0.2) is 40.3 Å². The van der Waals surface area contributed by atoms with Crippen LogP contribution in [0.5, 0.6) is 0 Å². The molecule has 1 aromatic carbocycles. The first-order valence-corrected chi connectivity index (χ1v) is 11.9. The van der Waals surface area contributed by atoms with Crippen molar-refractivity contribution in [2.24, 2.45) is 15.1 Å². The SMILES string of the molecule is CC(Cc1ccc(CS(N)(=O)=O)cc1)=NCCN=C(C)c1cc(CC(F)(F)F)sc1N. The topological polar surface area (TPSA) is 111 Å². The van der Waals surface area contributed by atoms with Gasteiger partial charge in [-0.2, -0.15) is 13.2 Å². The standard InChI is InChI=1S/C20H25F3N4O2S2/c1-13(9-15-3-5-16(6-4-15)12-31(25,28)29)26-7-8-27-14(2)18-10-17(30-19(18)24)11-20(21,22)23/h3-6,10H,7-9,11-12,24H2,1-2H3,(H2,25,28,29). The minimum absolute atomic E-state index is 0.165. The summed E-state index contributed by atoms with van der Waals surface area (Å²) in [5.74, 6) is -0.204. The molecule has 0 aliphatic carbocycles. The Morgan fingerprint density at radius 3 is 2.23 bits per heavy atom. The molecule has 6 nitrogen and oxygen atoms in total. The largest absolute Gasteiger partial charge is 0.393 e. The van der Waals surface area contributed by atoms with Gasteiger partial charge in [-0.15, -0.1) is 11.3 Å². The summed E-state index contributed by atoms with van der Waals surface area (Å²) in [6.07, 6.45) is -4.66. The third-order valence-electron chi connectivity index (χ3n) is 4.26. The fourth-order valence-corrected chi connectivity index (χ4v) is 4.57. The lowest BCUT2D eigenvalue weighted by Gasteiger charge is -2.04. The van der Waals surface area contributed by atoms with Crippen LogP contribution in [0, 0.1) is 0 Å². The summed E-state index contributed by atoms with van der Waals surface area (Å²) in [6.45, 7) is 4.43. The Kier molecular flexibility index (Phi) is 8.38. The minimum atomic E-state index is -4.27. The molecule has 2 rings (SSSR count). The van der Waals surface area contributed by atoms with Gasteiger partial charge in [0, 0.05) is 28.3 Å². The fourth-order valence-electron chi connectivity index (χ4n) is 2.91. The molecule has 0 atom stereocenters. The van der Waals surface area contributed by atoms with Gasteiger partial charge in [-0.25, -0.2) is 13.6 Å². The number of hydrogen-bond acceptors (Lipinski definition) is 6. The zero-order chi connectivity index (χ0) is 23.2. The number of benzene rings is 1. The van der Waals surface area contributed by atoms with Gasteiger partial charge in [-0.1, -0.05) is 24.3 Å². The fraction of sp³-hybridized carbons (Fsp3) is 0.400. The maximum atomic E-state index is 12.5. The third-order valence-corrected chi connectivity index (χ3v) is 5.96. The van der Waals surface area contributed by atoms with Crippen LogP contribution in [0.4, 0.5) is 18.2 Å². The van der Waals surface area contributed by atoms with Gasteiger partial charge in [0.1, 0.15) is 0 Å². The highest BCUT2D eigenvalue weighted by atomic mass is 32.2. The molecule has 4 N–H and O–H groups in total. The maximum absolute atomic E-state index is 12.5. The lowest BCUT2D eigenvalue weighted by Crippen LogP contribution is -2.14. The highest BCUT2D eigenvalue weighted by molar-refractivity contribution is 7.88. The van der Waals surface area contributed by atoms with Gasteiger partial charge in [0.25, 0.3) is 0 Å². The molecule has 11 heteroatoms. The van der Waals surface area contributed by atoms with Crippen LogP contribution in [0.1, 0.15) is 35.4 Å². The Balaban J connectivity index is 1.89. The summed E-state index contributed by atoms with van der Waals surface area (Å²) in [4.78, 5) is 9.00. The Labute approximate surface area is 184 Å². The molecule has 0 unspecified atom stereocenters. The van der Waals surface area contributed by atoms with E-state index in [-0.39, 0.29) is 10.6 Å². The second-order valence-electron chi connectivity index (χ2n) is 7.17. The molecular formula is C20H25F3N4O2S2. The molecule has 0 saturated heterocycles. The van der Waals surface area contributed by atoms with E-state index < -0.39 is 22.6 Å². The van der Waals surface area contributed by atoms with E-state index in [1.165, 1.54) is 6.07 Å². The lowest BCUT2D eigenvalue weighted by molar-refractivity contribution is -0.126. The molecule has 0 radical (unpaired) electrons. The van der Waals surface area contributed by atoms with Gasteiger partial charge in [0.2, 0.25) is 10.0 Å². The minimum Gasteiger partial charge on any atom is -0.390 e. The van der Waals surface area contributed by atoms with Crippen LogP contribution in [-0.4, -0.2) is 39.1 Å². The van der Waals surface area contributed by atoms with Crippen molar-refractivity contribution >= 4 is 37.8 Å². The zero-order valence-corrected chi connectivity index (χ0v) is 18.9. The molecule has 1 aromatic heterocycles. The zero-order valence-electron chi connectivity index (χ0n) is 17.2. The summed E-state index contributed by atoms with van der Waals surface area (Å²) in [6, 6.07) is 8.55. The summed E-state index contributed by atoms with van der Waals surface area (Å²) < 4.78 is 59.9. The van der Waals surface area contributed by atoms with Crippen molar-refractivity contribution < 1.29 is 21.6 Å². The molecule has 0 spiro atoms. The molecule has 0 aliphatic rings. The number of thiophene rings is 1. The molecule has 0 aliphatic heterocycles. The molecule has 2 aromatic rings. The van der Waals surface area contributed by atoms with Crippen LogP contribution in [0.2, 0.25) is 0 Å². The van der Waals surface area contributed by atoms with Crippen molar-refractivity contribution in [1.82, 2.24) is 0 Å². The Morgan fingerprint density at radius 2 is 1.65 bits per heavy atom. The van der Waals surface area contributed by atoms with E-state index in [4.69, 9.17) is 10.9 Å². The molecule has 0 bridgehead atoms. The molecule has 31 heavy (non-hydrogen) atoms. The van der Waals surface area contributed by atoms with Gasteiger partial charge in [-0.05, 0) is 31.0 Å². The van der Waals surface area contributed by atoms with Crippen molar-refractivity contribution in [1.29, 1.82) is 0 Å². The van der Waals surface area contributed by atoms with Crippen LogP contribution in [0.3, 0.4) is 0 Å². The van der Waals surface area contributed by atoms with E-state index in [9.17, 15) is 21.6 Å². The van der Waals surface area contributed by atoms with Crippen molar-refractivity contribution in [3.63, 3.8) is 0 Å². The average Bonchev–Trinajstić information content (AvgIpc) is 2.97. The van der Waals surface area contributed by atoms with Gasteiger partial charge in [0.15, 0.2) is 0 Å². The molecular weight excluding hydrogens is 449 g/mol. The van der Waals surface area contributed by atoms with Crippen LogP contribution in [0.25, 0.3) is 0 Å². The molecule has 0 amide bonds. The van der Waals surface area contributed by atoms with Crippen molar-refractivity contribution in [2.75, 3.05) is 18.8 Å². The lowest BCUT2D eigenvalue weighted by atomic mass is 10.1. The van der Waals surface area contributed by atoms with Crippen LogP contribution >= 0.6 is 11.3 Å². The quantitative estimate of drug-likeness (QED) is 0.427. The number of primary sulfonamides is 1. The Bertz CT molecular complexity index is 1060. The molecule has 0 saturated carbocycles. The van der Waals surface area contributed by atoms with Crippen molar-refractivity contribution in [2.45, 2.75) is 38.6 Å². The van der Waals surface area contributed by atoms with Gasteiger partial charge in [-0.3, -0.25) is 9.98 Å². The number of nitrogen functional groups attached to an aromatic ring is 1. The number of sulfonamides is 1. The highest BCUT2D eigenvalue weighted by Crippen LogP contribution is 2.31. The van der Waals surface area contributed by atoms with E-state index in [1.807, 2.05) is 19.1 Å². The second kappa shape index (κ2) is 10.4. The van der Waals surface area contributed by atoms with E-state index in [0.29, 0.717) is 41.4 Å². The number of hydrogen-bond donors (Lipinski definition) is 2. The Morgan fingerprint density at radius 1 is 1.06 bits per heavy atom. The first-order valence-electron chi connectivity index (χ1n) is 9.37. The number of alkyl halides is 3. The molecule has 170 valence electrons. The van der Waals surface area contributed by atoms with Crippen LogP contribution < -0.4 is 10.9 Å². The predicted molar refractivity (Wildman–Crippen MR) is 121 cm³/mol. The number of nitrogens with two attached hydrogens (primary N) is 2. The Hall–Kier alpha value is -2.24. The van der Waals surface area contributed by atoms with E-state index >= 15 is 0 Å². The van der Waals surface area contributed by atoms with E-state index in [2.05, 4.69) is 9.98 Å².